The van der Waals surface area contributed by atoms with E-state index >= 15 is 0 Å². The summed E-state index contributed by atoms with van der Waals surface area (Å²) in [5, 5.41) is 6.22. The molecule has 0 spiro atoms. The average Bonchev–Trinajstić information content (AvgIpc) is 2.87. The van der Waals surface area contributed by atoms with E-state index in [1.807, 2.05) is 6.07 Å². The number of benzene rings is 1. The second kappa shape index (κ2) is 7.27. The van der Waals surface area contributed by atoms with Crippen LogP contribution in [-0.2, 0) is 11.2 Å². The van der Waals surface area contributed by atoms with Crippen molar-refractivity contribution in [2.45, 2.75) is 38.8 Å². The minimum absolute atomic E-state index is 0.124. The summed E-state index contributed by atoms with van der Waals surface area (Å²) in [7, 11) is 0. The lowest BCUT2D eigenvalue weighted by atomic mass is 10.1. The monoisotopic (exact) mass is 288 g/mol. The molecule has 0 aromatic heterocycles. The fourth-order valence-electron chi connectivity index (χ4n) is 2.70. The molecule has 0 aliphatic heterocycles. The van der Waals surface area contributed by atoms with Crippen molar-refractivity contribution in [3.05, 3.63) is 42.0 Å². The second-order valence-corrected chi connectivity index (χ2v) is 5.30. The molecule has 1 aliphatic carbocycles. The second-order valence-electron chi connectivity index (χ2n) is 5.30. The molecule has 0 bridgehead atoms. The third-order valence-corrected chi connectivity index (χ3v) is 3.75. The summed E-state index contributed by atoms with van der Waals surface area (Å²) >= 11 is 0. The maximum Gasteiger partial charge on any atom is 0.261 e. The Labute approximate surface area is 126 Å². The molecule has 21 heavy (non-hydrogen) atoms. The molecular weight excluding hydrogens is 264 g/mol. The molecule has 1 aliphatic rings. The first-order valence-electron chi connectivity index (χ1n) is 7.57. The van der Waals surface area contributed by atoms with Crippen molar-refractivity contribution < 1.29 is 9.53 Å². The Balaban J connectivity index is 1.99. The molecular formula is C17H24N2O2. The molecule has 2 rings (SSSR count). The average molecular weight is 288 g/mol. The van der Waals surface area contributed by atoms with Crippen LogP contribution in [-0.4, -0.2) is 25.1 Å². The van der Waals surface area contributed by atoms with Crippen LogP contribution in [0.3, 0.4) is 0 Å². The summed E-state index contributed by atoms with van der Waals surface area (Å²) in [6.07, 6.45) is 3.33. The van der Waals surface area contributed by atoms with Crippen LogP contribution >= 0.6 is 0 Å². The van der Waals surface area contributed by atoms with Crippen LogP contribution < -0.4 is 15.4 Å². The molecule has 1 amide bonds. The molecule has 2 unspecified atom stereocenters. The predicted molar refractivity (Wildman–Crippen MR) is 84.5 cm³/mol. The van der Waals surface area contributed by atoms with Crippen LogP contribution in [0.15, 0.2) is 30.9 Å². The van der Waals surface area contributed by atoms with Gasteiger partial charge in [-0.15, -0.1) is 6.58 Å². The number of fused-ring (bicyclic) bond motifs is 1. The Morgan fingerprint density at radius 3 is 3.10 bits per heavy atom. The summed E-state index contributed by atoms with van der Waals surface area (Å²) in [6.45, 7) is 8.89. The van der Waals surface area contributed by atoms with Crippen LogP contribution in [0.2, 0.25) is 0 Å². The topological polar surface area (TPSA) is 50.4 Å². The molecule has 0 saturated heterocycles. The highest BCUT2D eigenvalue weighted by Crippen LogP contribution is 2.33. The maximum absolute atomic E-state index is 11.8. The lowest BCUT2D eigenvalue weighted by Gasteiger charge is -2.16. The zero-order valence-corrected chi connectivity index (χ0v) is 12.8. The zero-order chi connectivity index (χ0) is 15.2. The number of carbonyl (C=O) groups excluding carboxylic acids is 1. The van der Waals surface area contributed by atoms with Gasteiger partial charge >= 0.3 is 0 Å². The van der Waals surface area contributed by atoms with Gasteiger partial charge in [0.1, 0.15) is 5.75 Å². The van der Waals surface area contributed by atoms with Gasteiger partial charge in [-0.1, -0.05) is 19.1 Å². The van der Waals surface area contributed by atoms with Crippen LogP contribution in [0, 0.1) is 0 Å². The van der Waals surface area contributed by atoms with E-state index < -0.39 is 6.10 Å². The van der Waals surface area contributed by atoms with E-state index in [2.05, 4.69) is 36.3 Å². The van der Waals surface area contributed by atoms with Crippen LogP contribution in [0.4, 0.5) is 0 Å². The quantitative estimate of drug-likeness (QED) is 0.757. The summed E-state index contributed by atoms with van der Waals surface area (Å²) in [5.74, 6) is 0.632. The highest BCUT2D eigenvalue weighted by atomic mass is 16.5. The van der Waals surface area contributed by atoms with Crippen molar-refractivity contribution in [3.8, 4) is 5.75 Å². The zero-order valence-electron chi connectivity index (χ0n) is 12.8. The van der Waals surface area contributed by atoms with Crippen molar-refractivity contribution in [1.29, 1.82) is 0 Å². The number of hydrogen-bond acceptors (Lipinski definition) is 3. The normalized spacial score (nSPS) is 17.9. The highest BCUT2D eigenvalue weighted by molar-refractivity contribution is 5.80. The van der Waals surface area contributed by atoms with E-state index in [0.717, 1.165) is 25.1 Å². The van der Waals surface area contributed by atoms with Gasteiger partial charge in [0.25, 0.3) is 5.91 Å². The Bertz CT molecular complexity index is 514. The van der Waals surface area contributed by atoms with Gasteiger partial charge in [-0.05, 0) is 49.6 Å². The van der Waals surface area contributed by atoms with Gasteiger partial charge in [-0.3, -0.25) is 4.79 Å². The number of hydrogen-bond donors (Lipinski definition) is 2. The Morgan fingerprint density at radius 1 is 1.57 bits per heavy atom. The molecule has 2 atom stereocenters. The van der Waals surface area contributed by atoms with E-state index in [1.54, 1.807) is 13.0 Å². The Morgan fingerprint density at radius 2 is 2.38 bits per heavy atom. The van der Waals surface area contributed by atoms with Crippen molar-refractivity contribution in [3.63, 3.8) is 0 Å². The minimum Gasteiger partial charge on any atom is -0.481 e. The van der Waals surface area contributed by atoms with Gasteiger partial charge in [-0.25, -0.2) is 0 Å². The largest absolute Gasteiger partial charge is 0.481 e. The fourth-order valence-corrected chi connectivity index (χ4v) is 2.70. The fraction of sp³-hybridized carbons (Fsp3) is 0.471. The number of carbonyl (C=O) groups is 1. The predicted octanol–water partition coefficient (Wildman–Crippen LogP) is 2.35. The van der Waals surface area contributed by atoms with Gasteiger partial charge < -0.3 is 15.4 Å². The first-order chi connectivity index (χ1) is 10.2. The number of aryl methyl sites for hydroxylation is 1. The van der Waals surface area contributed by atoms with E-state index in [9.17, 15) is 4.79 Å². The molecule has 0 fully saturated rings. The standard InChI is InChI=1S/C17H24N2O2/c1-4-10-19-17(20)12(3)21-14-7-8-15-13(11-14)6-9-16(15)18-5-2/h4,7-8,11-12,16,18H,1,5-6,9-10H2,2-3H3,(H,19,20). The first-order valence-corrected chi connectivity index (χ1v) is 7.57. The van der Waals surface area contributed by atoms with Gasteiger partial charge in [0.15, 0.2) is 6.10 Å². The van der Waals surface area contributed by atoms with Gasteiger partial charge in [0, 0.05) is 12.6 Å². The summed E-state index contributed by atoms with van der Waals surface area (Å²) in [4.78, 5) is 11.8. The molecule has 2 N–H and O–H groups in total. The number of rotatable bonds is 7. The number of nitrogens with one attached hydrogen (secondary N) is 2. The van der Waals surface area contributed by atoms with Crippen molar-refractivity contribution in [2.75, 3.05) is 13.1 Å². The van der Waals surface area contributed by atoms with E-state index in [1.165, 1.54) is 11.1 Å². The third-order valence-electron chi connectivity index (χ3n) is 3.75. The molecule has 0 saturated carbocycles. The van der Waals surface area contributed by atoms with Crippen molar-refractivity contribution in [2.24, 2.45) is 0 Å². The van der Waals surface area contributed by atoms with E-state index in [4.69, 9.17) is 4.74 Å². The Hall–Kier alpha value is -1.81. The smallest absolute Gasteiger partial charge is 0.261 e. The molecule has 1 aromatic carbocycles. The molecule has 1 aromatic rings. The third kappa shape index (κ3) is 3.85. The molecule has 4 nitrogen and oxygen atoms in total. The SMILES string of the molecule is C=CCNC(=O)C(C)Oc1ccc2c(c1)CCC2NCC. The molecule has 4 heteroatoms. The Kier molecular flexibility index (Phi) is 5.39. The van der Waals surface area contributed by atoms with Crippen LogP contribution in [0.5, 0.6) is 5.75 Å². The first kappa shape index (κ1) is 15.6. The lowest BCUT2D eigenvalue weighted by Crippen LogP contribution is -2.36. The summed E-state index contributed by atoms with van der Waals surface area (Å²) in [6, 6.07) is 6.57. The number of ether oxygens (including phenoxy) is 1. The van der Waals surface area contributed by atoms with Crippen molar-refractivity contribution >= 4 is 5.91 Å². The minimum atomic E-state index is -0.506. The van der Waals surface area contributed by atoms with Crippen LogP contribution in [0.25, 0.3) is 0 Å². The molecule has 0 heterocycles. The van der Waals surface area contributed by atoms with Gasteiger partial charge in [-0.2, -0.15) is 0 Å². The molecule has 0 radical (unpaired) electrons. The van der Waals surface area contributed by atoms with E-state index in [0.29, 0.717) is 12.6 Å². The van der Waals surface area contributed by atoms with Gasteiger partial charge in [0.2, 0.25) is 0 Å². The maximum atomic E-state index is 11.8. The summed E-state index contributed by atoms with van der Waals surface area (Å²) in [5.41, 5.74) is 2.67. The van der Waals surface area contributed by atoms with Crippen LogP contribution in [0.1, 0.15) is 37.4 Å². The number of amides is 1. The molecule has 114 valence electrons. The lowest BCUT2D eigenvalue weighted by molar-refractivity contribution is -0.127. The van der Waals surface area contributed by atoms with Crippen molar-refractivity contribution in [1.82, 2.24) is 10.6 Å². The van der Waals surface area contributed by atoms with E-state index in [-0.39, 0.29) is 5.91 Å². The van der Waals surface area contributed by atoms with Gasteiger partial charge in [0.05, 0.1) is 0 Å². The highest BCUT2D eigenvalue weighted by Gasteiger charge is 2.22. The summed E-state index contributed by atoms with van der Waals surface area (Å²) < 4.78 is 5.73.